The molecule has 2 atom stereocenters. The SMILES string of the molecule is CNC1C(CN(C)c2ccc(O)cc2)CCC1(C)C. The van der Waals surface area contributed by atoms with Crippen LogP contribution in [0.25, 0.3) is 0 Å². The summed E-state index contributed by atoms with van der Waals surface area (Å²) in [6.07, 6.45) is 2.56. The third kappa shape index (κ3) is 3.03. The number of phenolic OH excluding ortho intramolecular Hbond substituents is 1. The normalized spacial score (nSPS) is 25.5. The van der Waals surface area contributed by atoms with E-state index in [0.29, 0.717) is 23.1 Å². The molecule has 3 nitrogen and oxygen atoms in total. The second kappa shape index (κ2) is 5.41. The van der Waals surface area contributed by atoms with E-state index in [-0.39, 0.29) is 0 Å². The van der Waals surface area contributed by atoms with Gasteiger partial charge in [-0.15, -0.1) is 0 Å². The minimum Gasteiger partial charge on any atom is -0.508 e. The molecule has 0 heterocycles. The van der Waals surface area contributed by atoms with E-state index < -0.39 is 0 Å². The molecule has 0 amide bonds. The monoisotopic (exact) mass is 262 g/mol. The summed E-state index contributed by atoms with van der Waals surface area (Å²) >= 11 is 0. The van der Waals surface area contributed by atoms with E-state index in [2.05, 4.69) is 38.2 Å². The van der Waals surface area contributed by atoms with Crippen molar-refractivity contribution in [1.82, 2.24) is 5.32 Å². The first-order chi connectivity index (χ1) is 8.94. The molecule has 0 spiro atoms. The molecule has 0 radical (unpaired) electrons. The summed E-state index contributed by atoms with van der Waals surface area (Å²) in [5.41, 5.74) is 1.55. The van der Waals surface area contributed by atoms with Crippen molar-refractivity contribution < 1.29 is 5.11 Å². The Balaban J connectivity index is 2.03. The molecule has 1 aliphatic carbocycles. The van der Waals surface area contributed by atoms with E-state index in [1.165, 1.54) is 12.8 Å². The molecule has 1 aromatic carbocycles. The van der Waals surface area contributed by atoms with Crippen molar-refractivity contribution in [1.29, 1.82) is 0 Å². The fraction of sp³-hybridized carbons (Fsp3) is 0.625. The molecule has 0 aliphatic heterocycles. The van der Waals surface area contributed by atoms with Crippen LogP contribution in [0.5, 0.6) is 5.75 Å². The summed E-state index contributed by atoms with van der Waals surface area (Å²) in [5.74, 6) is 1.01. The van der Waals surface area contributed by atoms with E-state index >= 15 is 0 Å². The maximum absolute atomic E-state index is 9.34. The van der Waals surface area contributed by atoms with Crippen LogP contribution in [0, 0.1) is 11.3 Å². The van der Waals surface area contributed by atoms with Crippen LogP contribution in [0.3, 0.4) is 0 Å². The van der Waals surface area contributed by atoms with E-state index in [1.807, 2.05) is 12.1 Å². The lowest BCUT2D eigenvalue weighted by molar-refractivity contribution is 0.263. The Hall–Kier alpha value is -1.22. The average molecular weight is 262 g/mol. The van der Waals surface area contributed by atoms with Crippen molar-refractivity contribution in [2.45, 2.75) is 32.7 Å². The number of anilines is 1. The van der Waals surface area contributed by atoms with Gasteiger partial charge in [0.15, 0.2) is 0 Å². The zero-order chi connectivity index (χ0) is 14.0. The molecule has 2 rings (SSSR count). The third-order valence-corrected chi connectivity index (χ3v) is 4.58. The molecule has 106 valence electrons. The number of rotatable bonds is 4. The van der Waals surface area contributed by atoms with Gasteiger partial charge in [0.1, 0.15) is 5.75 Å². The summed E-state index contributed by atoms with van der Waals surface area (Å²) in [6.45, 7) is 5.77. The molecule has 1 aromatic rings. The predicted octanol–water partition coefficient (Wildman–Crippen LogP) is 2.85. The first kappa shape index (κ1) is 14.2. The number of nitrogens with zero attached hydrogens (tertiary/aromatic N) is 1. The first-order valence-electron chi connectivity index (χ1n) is 7.11. The fourth-order valence-electron chi connectivity index (χ4n) is 3.51. The van der Waals surface area contributed by atoms with Crippen molar-refractivity contribution in [3.63, 3.8) is 0 Å². The van der Waals surface area contributed by atoms with Gasteiger partial charge < -0.3 is 15.3 Å². The Bertz CT molecular complexity index is 413. The number of nitrogens with one attached hydrogen (secondary N) is 1. The van der Waals surface area contributed by atoms with E-state index in [9.17, 15) is 5.11 Å². The van der Waals surface area contributed by atoms with Crippen LogP contribution < -0.4 is 10.2 Å². The van der Waals surface area contributed by atoms with E-state index in [1.54, 1.807) is 12.1 Å². The van der Waals surface area contributed by atoms with Crippen LogP contribution in [0.4, 0.5) is 5.69 Å². The molecule has 0 bridgehead atoms. The summed E-state index contributed by atoms with van der Waals surface area (Å²) < 4.78 is 0. The molecule has 1 fully saturated rings. The molecule has 0 aromatic heterocycles. The van der Waals surface area contributed by atoms with Gasteiger partial charge in [0.05, 0.1) is 0 Å². The Morgan fingerprint density at radius 2 is 1.95 bits per heavy atom. The van der Waals surface area contributed by atoms with Crippen LogP contribution in [0.2, 0.25) is 0 Å². The summed E-state index contributed by atoms with van der Waals surface area (Å²) in [6, 6.07) is 8.03. The molecule has 2 unspecified atom stereocenters. The van der Waals surface area contributed by atoms with Crippen molar-refractivity contribution in [2.24, 2.45) is 11.3 Å². The molecule has 19 heavy (non-hydrogen) atoms. The number of phenols is 1. The van der Waals surface area contributed by atoms with Crippen LogP contribution in [-0.4, -0.2) is 31.8 Å². The molecular formula is C16H26N2O. The van der Waals surface area contributed by atoms with Gasteiger partial charge in [0, 0.05) is 25.3 Å². The standard InChI is InChI=1S/C16H26N2O/c1-16(2)10-9-12(15(16)17-3)11-18(4)13-5-7-14(19)8-6-13/h5-8,12,15,17,19H,9-11H2,1-4H3. The van der Waals surface area contributed by atoms with Gasteiger partial charge in [-0.25, -0.2) is 0 Å². The number of aromatic hydroxyl groups is 1. The average Bonchev–Trinajstić information content (AvgIpc) is 2.64. The fourth-order valence-corrected chi connectivity index (χ4v) is 3.51. The van der Waals surface area contributed by atoms with Gasteiger partial charge in [-0.1, -0.05) is 13.8 Å². The zero-order valence-corrected chi connectivity index (χ0v) is 12.5. The molecule has 3 heteroatoms. The Morgan fingerprint density at radius 1 is 1.32 bits per heavy atom. The van der Waals surface area contributed by atoms with Gasteiger partial charge >= 0.3 is 0 Å². The van der Waals surface area contributed by atoms with Gasteiger partial charge in [-0.3, -0.25) is 0 Å². The maximum Gasteiger partial charge on any atom is 0.115 e. The van der Waals surface area contributed by atoms with Crippen molar-refractivity contribution in [2.75, 3.05) is 25.5 Å². The predicted molar refractivity (Wildman–Crippen MR) is 80.7 cm³/mol. The second-order valence-corrected chi connectivity index (χ2v) is 6.45. The minimum atomic E-state index is 0.326. The smallest absolute Gasteiger partial charge is 0.115 e. The quantitative estimate of drug-likeness (QED) is 0.876. The lowest BCUT2D eigenvalue weighted by Crippen LogP contribution is -2.43. The summed E-state index contributed by atoms with van der Waals surface area (Å²) in [5, 5.41) is 12.8. The van der Waals surface area contributed by atoms with Gasteiger partial charge in [0.25, 0.3) is 0 Å². The van der Waals surface area contributed by atoms with E-state index in [0.717, 1.165) is 12.2 Å². The molecule has 0 saturated heterocycles. The van der Waals surface area contributed by atoms with Gasteiger partial charge in [0.2, 0.25) is 0 Å². The van der Waals surface area contributed by atoms with Gasteiger partial charge in [-0.2, -0.15) is 0 Å². The topological polar surface area (TPSA) is 35.5 Å². The Kier molecular flexibility index (Phi) is 4.04. The highest BCUT2D eigenvalue weighted by atomic mass is 16.3. The number of hydrogen-bond acceptors (Lipinski definition) is 3. The summed E-state index contributed by atoms with van der Waals surface area (Å²) in [7, 11) is 4.20. The third-order valence-electron chi connectivity index (χ3n) is 4.58. The molecule has 2 N–H and O–H groups in total. The minimum absolute atomic E-state index is 0.326. The van der Waals surface area contributed by atoms with Crippen molar-refractivity contribution >= 4 is 5.69 Å². The van der Waals surface area contributed by atoms with Crippen LogP contribution in [-0.2, 0) is 0 Å². The highest BCUT2D eigenvalue weighted by Crippen LogP contribution is 2.41. The zero-order valence-electron chi connectivity index (χ0n) is 12.5. The van der Waals surface area contributed by atoms with Crippen LogP contribution in [0.1, 0.15) is 26.7 Å². The number of hydrogen-bond donors (Lipinski definition) is 2. The maximum atomic E-state index is 9.34. The van der Waals surface area contributed by atoms with Gasteiger partial charge in [-0.05, 0) is 55.5 Å². The summed E-state index contributed by atoms with van der Waals surface area (Å²) in [4.78, 5) is 2.29. The Morgan fingerprint density at radius 3 is 2.53 bits per heavy atom. The second-order valence-electron chi connectivity index (χ2n) is 6.45. The first-order valence-corrected chi connectivity index (χ1v) is 7.11. The number of benzene rings is 1. The van der Waals surface area contributed by atoms with Crippen LogP contribution >= 0.6 is 0 Å². The lowest BCUT2D eigenvalue weighted by atomic mass is 9.85. The van der Waals surface area contributed by atoms with Crippen molar-refractivity contribution in [3.8, 4) is 5.75 Å². The molecular weight excluding hydrogens is 236 g/mol. The van der Waals surface area contributed by atoms with Crippen LogP contribution in [0.15, 0.2) is 24.3 Å². The molecule has 1 saturated carbocycles. The highest BCUT2D eigenvalue weighted by molar-refractivity contribution is 5.48. The lowest BCUT2D eigenvalue weighted by Gasteiger charge is -2.33. The highest BCUT2D eigenvalue weighted by Gasteiger charge is 2.41. The van der Waals surface area contributed by atoms with Crippen molar-refractivity contribution in [3.05, 3.63) is 24.3 Å². The Labute approximate surface area is 116 Å². The van der Waals surface area contributed by atoms with E-state index in [4.69, 9.17) is 0 Å². The largest absolute Gasteiger partial charge is 0.508 e. The molecule has 1 aliphatic rings.